The quantitative estimate of drug-likeness (QED) is 0.765. The van der Waals surface area contributed by atoms with Crippen LogP contribution in [-0.2, 0) is 4.79 Å². The summed E-state index contributed by atoms with van der Waals surface area (Å²) >= 11 is 1.89. The van der Waals surface area contributed by atoms with E-state index in [1.165, 1.54) is 19.3 Å². The maximum absolute atomic E-state index is 10.4. The van der Waals surface area contributed by atoms with Gasteiger partial charge in [-0.2, -0.15) is 0 Å². The molecule has 0 radical (unpaired) electrons. The summed E-state index contributed by atoms with van der Waals surface area (Å²) in [5, 5.41) is 9.17. The fourth-order valence-corrected chi connectivity index (χ4v) is 2.83. The zero-order chi connectivity index (χ0) is 10.4. The summed E-state index contributed by atoms with van der Waals surface area (Å²) in [4.78, 5) is 12.8. The zero-order valence-electron chi connectivity index (χ0n) is 8.74. The van der Waals surface area contributed by atoms with E-state index in [4.69, 9.17) is 5.11 Å². The lowest BCUT2D eigenvalue weighted by Gasteiger charge is -2.34. The van der Waals surface area contributed by atoms with Crippen molar-refractivity contribution in [3.8, 4) is 0 Å². The van der Waals surface area contributed by atoms with Crippen LogP contribution < -0.4 is 0 Å². The van der Waals surface area contributed by atoms with Gasteiger partial charge in [0.25, 0.3) is 0 Å². The molecule has 1 aliphatic rings. The minimum Gasteiger partial charge on any atom is -0.481 e. The lowest BCUT2D eigenvalue weighted by molar-refractivity contribution is -0.137. The number of hydrogen-bond acceptors (Lipinski definition) is 3. The van der Waals surface area contributed by atoms with Crippen LogP contribution in [0.2, 0.25) is 0 Å². The van der Waals surface area contributed by atoms with Gasteiger partial charge >= 0.3 is 5.97 Å². The number of thioether (sulfide) groups is 1. The van der Waals surface area contributed by atoms with E-state index >= 15 is 0 Å². The van der Waals surface area contributed by atoms with Gasteiger partial charge in [0, 0.05) is 6.42 Å². The maximum atomic E-state index is 10.4. The van der Waals surface area contributed by atoms with Crippen LogP contribution in [0.1, 0.15) is 32.1 Å². The molecule has 1 N–H and O–H groups in total. The van der Waals surface area contributed by atoms with Gasteiger partial charge in [-0.1, -0.05) is 0 Å². The van der Waals surface area contributed by atoms with Gasteiger partial charge in [-0.25, -0.2) is 0 Å². The lowest BCUT2D eigenvalue weighted by Crippen LogP contribution is -2.37. The van der Waals surface area contributed by atoms with E-state index in [0.29, 0.717) is 11.8 Å². The Hall–Kier alpha value is -0.220. The molecule has 3 nitrogen and oxygen atoms in total. The second-order valence-electron chi connectivity index (χ2n) is 3.72. The first kappa shape index (κ1) is 11.9. The molecule has 0 aliphatic carbocycles. The van der Waals surface area contributed by atoms with Crippen LogP contribution in [0.15, 0.2) is 0 Å². The third kappa shape index (κ3) is 3.88. The van der Waals surface area contributed by atoms with Crippen molar-refractivity contribution < 1.29 is 9.90 Å². The lowest BCUT2D eigenvalue weighted by atomic mass is 10.1. The highest BCUT2D eigenvalue weighted by atomic mass is 32.2. The smallest absolute Gasteiger partial charge is 0.303 e. The van der Waals surface area contributed by atoms with Crippen LogP contribution in [0.25, 0.3) is 0 Å². The van der Waals surface area contributed by atoms with E-state index in [2.05, 4.69) is 11.2 Å². The summed E-state index contributed by atoms with van der Waals surface area (Å²) in [5.74, 6) is -0.678. The fourth-order valence-electron chi connectivity index (χ4n) is 1.92. The van der Waals surface area contributed by atoms with Gasteiger partial charge in [0.1, 0.15) is 0 Å². The second kappa shape index (κ2) is 6.30. The van der Waals surface area contributed by atoms with Crippen LogP contribution >= 0.6 is 11.8 Å². The van der Waals surface area contributed by atoms with Crippen LogP contribution in [0.5, 0.6) is 0 Å². The molecule has 82 valence electrons. The predicted molar refractivity (Wildman–Crippen MR) is 59.6 cm³/mol. The highest BCUT2D eigenvalue weighted by Gasteiger charge is 2.20. The van der Waals surface area contributed by atoms with E-state index in [1.807, 2.05) is 11.8 Å². The van der Waals surface area contributed by atoms with E-state index < -0.39 is 5.97 Å². The first-order valence-electron chi connectivity index (χ1n) is 5.22. The molecule has 1 saturated heterocycles. The molecule has 0 bridgehead atoms. The second-order valence-corrected chi connectivity index (χ2v) is 4.73. The van der Waals surface area contributed by atoms with Crippen molar-refractivity contribution in [3.63, 3.8) is 0 Å². The van der Waals surface area contributed by atoms with Gasteiger partial charge in [0.15, 0.2) is 0 Å². The Morgan fingerprint density at radius 1 is 1.57 bits per heavy atom. The average molecular weight is 217 g/mol. The Balaban J connectivity index is 2.22. The molecule has 1 rings (SSSR count). The van der Waals surface area contributed by atoms with Crippen molar-refractivity contribution in [1.82, 2.24) is 4.90 Å². The minimum atomic E-state index is -0.678. The molecule has 0 amide bonds. The third-order valence-electron chi connectivity index (χ3n) is 2.66. The normalized spacial score (nSPS) is 23.6. The Bertz CT molecular complexity index is 187. The van der Waals surface area contributed by atoms with E-state index in [-0.39, 0.29) is 0 Å². The summed E-state index contributed by atoms with van der Waals surface area (Å²) < 4.78 is 0. The molecule has 1 atom stereocenters. The Morgan fingerprint density at radius 2 is 2.36 bits per heavy atom. The number of carboxylic acid groups (broad SMARTS) is 1. The number of likely N-dealkylation sites (tertiary alicyclic amines) is 1. The highest BCUT2D eigenvalue weighted by Crippen LogP contribution is 2.24. The summed E-state index contributed by atoms with van der Waals surface area (Å²) in [6, 6.07) is 0. The summed E-state index contributed by atoms with van der Waals surface area (Å²) in [7, 11) is 0. The summed E-state index contributed by atoms with van der Waals surface area (Å²) in [5.41, 5.74) is 0. The summed E-state index contributed by atoms with van der Waals surface area (Å²) in [6.07, 6.45) is 7.07. The average Bonchev–Trinajstić information content (AvgIpc) is 2.18. The standard InChI is InChI=1S/C10H19NO2S/c1-14-9-5-2-3-7-11(9)8-4-6-10(12)13/h9H,2-8H2,1H3,(H,12,13). The number of hydrogen-bond donors (Lipinski definition) is 1. The molecule has 14 heavy (non-hydrogen) atoms. The number of carbonyl (C=O) groups is 1. The Kier molecular flexibility index (Phi) is 5.33. The van der Waals surface area contributed by atoms with Gasteiger partial charge in [-0.15, -0.1) is 11.8 Å². The van der Waals surface area contributed by atoms with Crippen LogP contribution in [-0.4, -0.2) is 40.7 Å². The van der Waals surface area contributed by atoms with Gasteiger partial charge in [0.2, 0.25) is 0 Å². The topological polar surface area (TPSA) is 40.5 Å². The van der Waals surface area contributed by atoms with Crippen molar-refractivity contribution >= 4 is 17.7 Å². The first-order chi connectivity index (χ1) is 6.74. The highest BCUT2D eigenvalue weighted by molar-refractivity contribution is 7.99. The Labute approximate surface area is 89.9 Å². The van der Waals surface area contributed by atoms with Crippen molar-refractivity contribution in [2.75, 3.05) is 19.3 Å². The van der Waals surface area contributed by atoms with Gasteiger partial charge in [0.05, 0.1) is 5.37 Å². The van der Waals surface area contributed by atoms with E-state index in [1.54, 1.807) is 0 Å². The van der Waals surface area contributed by atoms with Crippen molar-refractivity contribution in [3.05, 3.63) is 0 Å². The largest absolute Gasteiger partial charge is 0.481 e. The molecule has 0 aromatic heterocycles. The molecule has 1 fully saturated rings. The molecule has 0 aromatic carbocycles. The van der Waals surface area contributed by atoms with Gasteiger partial charge in [-0.3, -0.25) is 9.69 Å². The van der Waals surface area contributed by atoms with Crippen LogP contribution in [0.4, 0.5) is 0 Å². The molecule has 4 heteroatoms. The number of carboxylic acids is 1. The molecule has 1 heterocycles. The maximum Gasteiger partial charge on any atom is 0.303 e. The van der Waals surface area contributed by atoms with E-state index in [0.717, 1.165) is 19.5 Å². The van der Waals surface area contributed by atoms with Gasteiger partial charge < -0.3 is 5.11 Å². The molecule has 0 aromatic rings. The molecular formula is C10H19NO2S. The summed E-state index contributed by atoms with van der Waals surface area (Å²) in [6.45, 7) is 2.09. The van der Waals surface area contributed by atoms with Crippen LogP contribution in [0.3, 0.4) is 0 Å². The van der Waals surface area contributed by atoms with Crippen molar-refractivity contribution in [1.29, 1.82) is 0 Å². The predicted octanol–water partition coefficient (Wildman–Crippen LogP) is 2.03. The van der Waals surface area contributed by atoms with Crippen molar-refractivity contribution in [2.24, 2.45) is 0 Å². The molecule has 0 spiro atoms. The van der Waals surface area contributed by atoms with Crippen molar-refractivity contribution in [2.45, 2.75) is 37.5 Å². The number of piperidine rings is 1. The molecule has 1 aliphatic heterocycles. The van der Waals surface area contributed by atoms with Gasteiger partial charge in [-0.05, 0) is 45.0 Å². The SMILES string of the molecule is CSC1CCCCN1CCCC(=O)O. The zero-order valence-corrected chi connectivity index (χ0v) is 9.55. The number of nitrogens with zero attached hydrogens (tertiary/aromatic N) is 1. The first-order valence-corrected chi connectivity index (χ1v) is 6.51. The molecule has 0 saturated carbocycles. The monoisotopic (exact) mass is 217 g/mol. The van der Waals surface area contributed by atoms with Crippen LogP contribution in [0, 0.1) is 0 Å². The number of rotatable bonds is 5. The Morgan fingerprint density at radius 3 is 3.00 bits per heavy atom. The molecular weight excluding hydrogens is 198 g/mol. The molecule has 1 unspecified atom stereocenters. The van der Waals surface area contributed by atoms with E-state index in [9.17, 15) is 4.79 Å². The number of aliphatic carboxylic acids is 1. The fraction of sp³-hybridized carbons (Fsp3) is 0.900. The minimum absolute atomic E-state index is 0.303. The third-order valence-corrected chi connectivity index (χ3v) is 3.74.